The van der Waals surface area contributed by atoms with Crippen molar-refractivity contribution in [3.8, 4) is 5.75 Å². The Hall–Kier alpha value is -1.71. The van der Waals surface area contributed by atoms with Gasteiger partial charge in [-0.2, -0.15) is 0 Å². The van der Waals surface area contributed by atoms with Crippen LogP contribution in [0, 0.1) is 0 Å². The number of benzene rings is 1. The Morgan fingerprint density at radius 3 is 2.13 bits per heavy atom. The molecule has 0 saturated carbocycles. The first kappa shape index (κ1) is 13.3. The Bertz CT molecular complexity index is 282. The van der Waals surface area contributed by atoms with Gasteiger partial charge in [-0.1, -0.05) is 13.8 Å². The van der Waals surface area contributed by atoms with E-state index in [1.165, 1.54) is 6.92 Å². The van der Waals surface area contributed by atoms with E-state index in [0.29, 0.717) is 5.69 Å². The molecule has 0 radical (unpaired) electrons. The van der Waals surface area contributed by atoms with E-state index in [-0.39, 0.29) is 5.97 Å². The lowest BCUT2D eigenvalue weighted by Gasteiger charge is -2.05. The van der Waals surface area contributed by atoms with Gasteiger partial charge in [-0.25, -0.2) is 5.48 Å². The molecule has 0 aliphatic carbocycles. The number of carbonyl (C=O) groups is 1. The van der Waals surface area contributed by atoms with Crippen LogP contribution in [0.4, 0.5) is 5.69 Å². The predicted molar refractivity (Wildman–Crippen MR) is 59.7 cm³/mol. The molecule has 0 spiro atoms. The number of anilines is 1. The molecule has 0 saturated heterocycles. The number of ether oxygens (including phenoxy) is 1. The summed E-state index contributed by atoms with van der Waals surface area (Å²) >= 11 is 0. The Kier molecular flexibility index (Phi) is 6.80. The highest BCUT2D eigenvalue weighted by Gasteiger charge is 1.95. The van der Waals surface area contributed by atoms with Crippen molar-refractivity contribution in [1.82, 2.24) is 0 Å². The zero-order chi connectivity index (χ0) is 11.7. The molecule has 15 heavy (non-hydrogen) atoms. The van der Waals surface area contributed by atoms with E-state index in [1.807, 2.05) is 13.8 Å². The molecule has 0 bridgehead atoms. The molecule has 0 aliphatic rings. The number of rotatable bonds is 3. The lowest BCUT2D eigenvalue weighted by atomic mass is 10.3. The fourth-order valence-electron chi connectivity index (χ4n) is 0.790. The van der Waals surface area contributed by atoms with E-state index in [1.54, 1.807) is 31.4 Å². The highest BCUT2D eigenvalue weighted by molar-refractivity contribution is 5.67. The van der Waals surface area contributed by atoms with Gasteiger partial charge in [0.2, 0.25) is 0 Å². The molecule has 0 atom stereocenters. The van der Waals surface area contributed by atoms with Gasteiger partial charge < -0.3 is 9.57 Å². The van der Waals surface area contributed by atoms with Crippen LogP contribution in [-0.2, 0) is 9.63 Å². The topological polar surface area (TPSA) is 47.6 Å². The Labute approximate surface area is 90.2 Å². The van der Waals surface area contributed by atoms with E-state index in [2.05, 4.69) is 10.3 Å². The summed E-state index contributed by atoms with van der Waals surface area (Å²) in [6, 6.07) is 7.04. The first-order valence-corrected chi connectivity index (χ1v) is 4.80. The molecule has 4 heteroatoms. The average Bonchev–Trinajstić information content (AvgIpc) is 2.30. The van der Waals surface area contributed by atoms with Gasteiger partial charge in [0.15, 0.2) is 0 Å². The molecule has 4 nitrogen and oxygen atoms in total. The van der Waals surface area contributed by atoms with Crippen molar-refractivity contribution < 1.29 is 14.4 Å². The van der Waals surface area contributed by atoms with Crippen molar-refractivity contribution in [2.24, 2.45) is 0 Å². The highest BCUT2D eigenvalue weighted by Crippen LogP contribution is 2.14. The lowest BCUT2D eigenvalue weighted by Crippen LogP contribution is -2.05. The largest absolute Gasteiger partial charge is 0.497 e. The van der Waals surface area contributed by atoms with Crippen LogP contribution >= 0.6 is 0 Å². The van der Waals surface area contributed by atoms with Crippen LogP contribution in [0.5, 0.6) is 5.75 Å². The van der Waals surface area contributed by atoms with Gasteiger partial charge >= 0.3 is 5.97 Å². The third-order valence-electron chi connectivity index (χ3n) is 1.40. The normalized spacial score (nSPS) is 8.27. The van der Waals surface area contributed by atoms with Crippen molar-refractivity contribution in [3.05, 3.63) is 24.3 Å². The third-order valence-corrected chi connectivity index (χ3v) is 1.40. The van der Waals surface area contributed by atoms with Crippen LogP contribution in [0.15, 0.2) is 24.3 Å². The lowest BCUT2D eigenvalue weighted by molar-refractivity contribution is -0.138. The summed E-state index contributed by atoms with van der Waals surface area (Å²) in [4.78, 5) is 15.0. The maximum atomic E-state index is 10.4. The summed E-state index contributed by atoms with van der Waals surface area (Å²) in [5.74, 6) is 0.379. The third kappa shape index (κ3) is 5.57. The minimum Gasteiger partial charge on any atom is -0.497 e. The van der Waals surface area contributed by atoms with Gasteiger partial charge in [-0.3, -0.25) is 4.79 Å². The molecule has 0 unspecified atom stereocenters. The van der Waals surface area contributed by atoms with Crippen molar-refractivity contribution in [2.45, 2.75) is 20.8 Å². The summed E-state index contributed by atoms with van der Waals surface area (Å²) in [6.07, 6.45) is 0. The van der Waals surface area contributed by atoms with Gasteiger partial charge in [0.1, 0.15) is 5.75 Å². The van der Waals surface area contributed by atoms with Crippen LogP contribution in [0.1, 0.15) is 20.8 Å². The maximum Gasteiger partial charge on any atom is 0.329 e. The predicted octanol–water partition coefficient (Wildman–Crippen LogP) is 2.61. The van der Waals surface area contributed by atoms with E-state index in [0.717, 1.165) is 5.75 Å². The van der Waals surface area contributed by atoms with Crippen molar-refractivity contribution in [3.63, 3.8) is 0 Å². The van der Waals surface area contributed by atoms with E-state index in [4.69, 9.17) is 4.74 Å². The first-order valence-electron chi connectivity index (χ1n) is 4.80. The van der Waals surface area contributed by atoms with E-state index in [9.17, 15) is 4.79 Å². The molecule has 0 heterocycles. The van der Waals surface area contributed by atoms with Gasteiger partial charge in [-0.05, 0) is 24.3 Å². The molecule has 1 N–H and O–H groups in total. The quantitative estimate of drug-likeness (QED) is 0.781. The summed E-state index contributed by atoms with van der Waals surface area (Å²) in [5.41, 5.74) is 3.19. The second-order valence-electron chi connectivity index (χ2n) is 2.42. The summed E-state index contributed by atoms with van der Waals surface area (Å²) in [7, 11) is 1.59. The first-order chi connectivity index (χ1) is 7.22. The average molecular weight is 211 g/mol. The molecule has 0 aromatic heterocycles. The second-order valence-corrected chi connectivity index (χ2v) is 2.42. The molecule has 1 aromatic rings. The van der Waals surface area contributed by atoms with Gasteiger partial charge in [0, 0.05) is 6.92 Å². The van der Waals surface area contributed by atoms with E-state index < -0.39 is 0 Å². The fraction of sp³-hybridized carbons (Fsp3) is 0.364. The Balaban J connectivity index is 0.000000921. The van der Waals surface area contributed by atoms with E-state index >= 15 is 0 Å². The molecule has 84 valence electrons. The number of hydrogen-bond acceptors (Lipinski definition) is 4. The van der Waals surface area contributed by atoms with Gasteiger partial charge in [0.05, 0.1) is 12.8 Å². The monoisotopic (exact) mass is 211 g/mol. The zero-order valence-electron chi connectivity index (χ0n) is 9.53. The minimum atomic E-state index is -0.379. The minimum absolute atomic E-state index is 0.379. The van der Waals surface area contributed by atoms with Gasteiger partial charge in [-0.15, -0.1) is 0 Å². The smallest absolute Gasteiger partial charge is 0.329 e. The standard InChI is InChI=1S/C9H11NO3.C2H6/c1-7(11)13-10-8-3-5-9(12-2)6-4-8;1-2/h3-6,10H,1-2H3;1-2H3. The highest BCUT2D eigenvalue weighted by atomic mass is 16.7. The second kappa shape index (κ2) is 7.67. The molecular weight excluding hydrogens is 194 g/mol. The summed E-state index contributed by atoms with van der Waals surface area (Å²) < 4.78 is 4.96. The molecule has 1 aromatic carbocycles. The Morgan fingerprint density at radius 2 is 1.73 bits per heavy atom. The number of hydrogen-bond donors (Lipinski definition) is 1. The van der Waals surface area contributed by atoms with Crippen LogP contribution in [-0.4, -0.2) is 13.1 Å². The molecule has 0 fully saturated rings. The van der Waals surface area contributed by atoms with Crippen LogP contribution < -0.4 is 10.2 Å². The fourth-order valence-corrected chi connectivity index (χ4v) is 0.790. The molecule has 1 rings (SSSR count). The SMILES string of the molecule is CC.COc1ccc(NOC(C)=O)cc1. The molecule has 0 amide bonds. The van der Waals surface area contributed by atoms with Crippen LogP contribution in [0.2, 0.25) is 0 Å². The molecule has 0 aliphatic heterocycles. The molecular formula is C11H17NO3. The maximum absolute atomic E-state index is 10.4. The van der Waals surface area contributed by atoms with Crippen molar-refractivity contribution in [2.75, 3.05) is 12.6 Å². The van der Waals surface area contributed by atoms with Crippen molar-refractivity contribution >= 4 is 11.7 Å². The summed E-state index contributed by atoms with van der Waals surface area (Å²) in [6.45, 7) is 5.33. The number of nitrogens with one attached hydrogen (secondary N) is 1. The zero-order valence-corrected chi connectivity index (χ0v) is 9.53. The number of methoxy groups -OCH3 is 1. The Morgan fingerprint density at radius 1 is 1.20 bits per heavy atom. The number of carbonyl (C=O) groups excluding carboxylic acids is 1. The van der Waals surface area contributed by atoms with Crippen LogP contribution in [0.25, 0.3) is 0 Å². The summed E-state index contributed by atoms with van der Waals surface area (Å²) in [5, 5.41) is 0. The van der Waals surface area contributed by atoms with Crippen LogP contribution in [0.3, 0.4) is 0 Å². The van der Waals surface area contributed by atoms with Gasteiger partial charge in [0.25, 0.3) is 0 Å². The van der Waals surface area contributed by atoms with Crippen molar-refractivity contribution in [1.29, 1.82) is 0 Å².